The summed E-state index contributed by atoms with van der Waals surface area (Å²) in [5.74, 6) is -0.696. The molecule has 2 unspecified atom stereocenters. The van der Waals surface area contributed by atoms with Crippen molar-refractivity contribution in [2.45, 2.75) is 38.3 Å². The van der Waals surface area contributed by atoms with E-state index >= 15 is 0 Å². The van der Waals surface area contributed by atoms with Crippen LogP contribution in [0.25, 0.3) is 0 Å². The molecule has 0 aromatic rings. The highest BCUT2D eigenvalue weighted by Crippen LogP contribution is 2.35. The summed E-state index contributed by atoms with van der Waals surface area (Å²) in [7, 11) is 0. The SMILES string of the molecule is N=C(C=S)C1CC(F)=C(OCC2CCC2)C(F)C1. The van der Waals surface area contributed by atoms with Gasteiger partial charge < -0.3 is 10.1 Å². The third-order valence-electron chi connectivity index (χ3n) is 3.73. The molecule has 0 radical (unpaired) electrons. The van der Waals surface area contributed by atoms with Gasteiger partial charge >= 0.3 is 0 Å². The minimum atomic E-state index is -1.45. The van der Waals surface area contributed by atoms with Crippen LogP contribution in [0.15, 0.2) is 11.6 Å². The number of nitrogens with one attached hydrogen (secondary N) is 1. The monoisotopic (exact) mass is 273 g/mol. The smallest absolute Gasteiger partial charge is 0.161 e. The van der Waals surface area contributed by atoms with E-state index in [9.17, 15) is 8.78 Å². The molecule has 2 nitrogen and oxygen atoms in total. The van der Waals surface area contributed by atoms with Gasteiger partial charge in [0.1, 0.15) is 5.83 Å². The Hall–Kier alpha value is -0.840. The van der Waals surface area contributed by atoms with Crippen LogP contribution in [0.1, 0.15) is 32.1 Å². The van der Waals surface area contributed by atoms with E-state index in [1.54, 1.807) is 0 Å². The van der Waals surface area contributed by atoms with Crippen LogP contribution in [0.4, 0.5) is 8.78 Å². The van der Waals surface area contributed by atoms with Gasteiger partial charge in [-0.05, 0) is 25.2 Å². The van der Waals surface area contributed by atoms with Crippen molar-refractivity contribution in [1.29, 1.82) is 5.41 Å². The third kappa shape index (κ3) is 2.94. The largest absolute Gasteiger partial charge is 0.492 e. The first-order valence-corrected chi connectivity index (χ1v) is 6.78. The number of alkyl halides is 1. The summed E-state index contributed by atoms with van der Waals surface area (Å²) in [4.78, 5) is 0. The number of rotatable bonds is 5. The molecule has 0 amide bonds. The zero-order chi connectivity index (χ0) is 13.1. The van der Waals surface area contributed by atoms with E-state index in [4.69, 9.17) is 10.1 Å². The number of ether oxygens (including phenoxy) is 1. The first kappa shape index (κ1) is 13.6. The van der Waals surface area contributed by atoms with E-state index in [0.29, 0.717) is 12.5 Å². The van der Waals surface area contributed by atoms with Gasteiger partial charge in [0, 0.05) is 23.4 Å². The Balaban J connectivity index is 1.95. The Labute approximate surface area is 111 Å². The van der Waals surface area contributed by atoms with E-state index < -0.39 is 17.9 Å². The molecule has 0 heterocycles. The van der Waals surface area contributed by atoms with Gasteiger partial charge in [-0.15, -0.1) is 0 Å². The lowest BCUT2D eigenvalue weighted by Gasteiger charge is -2.29. The van der Waals surface area contributed by atoms with E-state index in [1.807, 2.05) is 0 Å². The van der Waals surface area contributed by atoms with Crippen LogP contribution in [0.3, 0.4) is 0 Å². The molecule has 1 saturated carbocycles. The Morgan fingerprint density at radius 3 is 2.72 bits per heavy atom. The zero-order valence-corrected chi connectivity index (χ0v) is 10.9. The summed E-state index contributed by atoms with van der Waals surface area (Å²) < 4.78 is 32.9. The van der Waals surface area contributed by atoms with Crippen LogP contribution in [-0.4, -0.2) is 23.9 Å². The molecule has 2 aliphatic carbocycles. The molecule has 100 valence electrons. The highest BCUT2D eigenvalue weighted by atomic mass is 32.1. The van der Waals surface area contributed by atoms with Crippen LogP contribution < -0.4 is 0 Å². The standard InChI is InChI=1S/C13H17F2NOS/c14-10-4-9(12(16)7-18)5-11(15)13(10)17-6-8-2-1-3-8/h7-10,16H,1-6H2. The number of hydrogen-bond acceptors (Lipinski definition) is 3. The lowest BCUT2D eigenvalue weighted by Crippen LogP contribution is -2.28. The van der Waals surface area contributed by atoms with Crippen molar-refractivity contribution in [3.05, 3.63) is 11.6 Å². The first-order chi connectivity index (χ1) is 8.61. The second-order valence-electron chi connectivity index (χ2n) is 5.05. The third-order valence-corrected chi connectivity index (χ3v) is 3.99. The van der Waals surface area contributed by atoms with E-state index in [-0.39, 0.29) is 24.3 Å². The molecule has 0 aliphatic heterocycles. The van der Waals surface area contributed by atoms with Gasteiger partial charge in [0.25, 0.3) is 0 Å². The van der Waals surface area contributed by atoms with E-state index in [0.717, 1.165) is 12.8 Å². The van der Waals surface area contributed by atoms with Crippen LogP contribution in [0, 0.1) is 17.2 Å². The van der Waals surface area contributed by atoms with Gasteiger partial charge in [-0.1, -0.05) is 18.6 Å². The number of thiocarbonyl (C=S) groups is 1. The van der Waals surface area contributed by atoms with Crippen molar-refractivity contribution in [2.24, 2.45) is 11.8 Å². The molecule has 1 fully saturated rings. The van der Waals surface area contributed by atoms with Crippen molar-refractivity contribution in [2.75, 3.05) is 6.61 Å². The highest BCUT2D eigenvalue weighted by Gasteiger charge is 2.33. The average molecular weight is 273 g/mol. The van der Waals surface area contributed by atoms with Crippen LogP contribution >= 0.6 is 12.2 Å². The summed E-state index contributed by atoms with van der Waals surface area (Å²) in [5, 5.41) is 8.72. The molecule has 2 aliphatic rings. The van der Waals surface area contributed by atoms with E-state index in [1.165, 1.54) is 11.8 Å². The van der Waals surface area contributed by atoms with Gasteiger partial charge in [0.05, 0.1) is 6.61 Å². The Kier molecular flexibility index (Phi) is 4.43. The topological polar surface area (TPSA) is 33.1 Å². The molecule has 0 aromatic carbocycles. The highest BCUT2D eigenvalue weighted by molar-refractivity contribution is 7.80. The normalized spacial score (nSPS) is 28.8. The Morgan fingerprint density at radius 1 is 1.50 bits per heavy atom. The quantitative estimate of drug-likeness (QED) is 0.611. The molecule has 1 N–H and O–H groups in total. The van der Waals surface area contributed by atoms with Crippen molar-refractivity contribution in [3.63, 3.8) is 0 Å². The average Bonchev–Trinajstić information content (AvgIpc) is 2.29. The predicted octanol–water partition coefficient (Wildman–Crippen LogP) is 3.75. The molecular weight excluding hydrogens is 256 g/mol. The summed E-state index contributed by atoms with van der Waals surface area (Å²) in [5.41, 5.74) is 0.126. The molecule has 2 rings (SSSR count). The molecule has 2 atom stereocenters. The molecule has 18 heavy (non-hydrogen) atoms. The predicted molar refractivity (Wildman–Crippen MR) is 70.4 cm³/mol. The fourth-order valence-corrected chi connectivity index (χ4v) is 2.49. The Morgan fingerprint density at radius 2 is 2.22 bits per heavy atom. The maximum Gasteiger partial charge on any atom is 0.161 e. The van der Waals surface area contributed by atoms with Crippen molar-refractivity contribution in [1.82, 2.24) is 0 Å². The van der Waals surface area contributed by atoms with Crippen LogP contribution in [0.5, 0.6) is 0 Å². The number of halogens is 2. The summed E-state index contributed by atoms with van der Waals surface area (Å²) in [6, 6.07) is 0. The van der Waals surface area contributed by atoms with Gasteiger partial charge in [-0.3, -0.25) is 0 Å². The van der Waals surface area contributed by atoms with E-state index in [2.05, 4.69) is 12.2 Å². The van der Waals surface area contributed by atoms with Gasteiger partial charge in [0.2, 0.25) is 0 Å². The molecule has 0 saturated heterocycles. The van der Waals surface area contributed by atoms with Gasteiger partial charge in [0.15, 0.2) is 11.9 Å². The molecule has 0 spiro atoms. The zero-order valence-electron chi connectivity index (χ0n) is 10.1. The Bertz CT molecular complexity index is 379. The second kappa shape index (κ2) is 5.87. The van der Waals surface area contributed by atoms with Crippen LogP contribution in [0.2, 0.25) is 0 Å². The van der Waals surface area contributed by atoms with Crippen molar-refractivity contribution >= 4 is 23.3 Å². The minimum Gasteiger partial charge on any atom is -0.492 e. The summed E-state index contributed by atoms with van der Waals surface area (Å²) in [6.07, 6.45) is 2.04. The molecule has 0 aromatic heterocycles. The molecule has 0 bridgehead atoms. The first-order valence-electron chi connectivity index (χ1n) is 6.30. The van der Waals surface area contributed by atoms with Crippen molar-refractivity contribution < 1.29 is 13.5 Å². The summed E-state index contributed by atoms with van der Waals surface area (Å²) >= 11 is 4.63. The lowest BCUT2D eigenvalue weighted by atomic mass is 9.86. The number of allylic oxidation sites excluding steroid dienone is 2. The number of hydrogen-bond donors (Lipinski definition) is 1. The maximum atomic E-state index is 13.9. The van der Waals surface area contributed by atoms with Crippen LogP contribution in [-0.2, 0) is 4.74 Å². The van der Waals surface area contributed by atoms with Crippen molar-refractivity contribution in [3.8, 4) is 0 Å². The fourth-order valence-electron chi connectivity index (χ4n) is 2.30. The molecular formula is C13H17F2NOS. The molecule has 5 heteroatoms. The fraction of sp³-hybridized carbons (Fsp3) is 0.692. The van der Waals surface area contributed by atoms with Gasteiger partial charge in [-0.25, -0.2) is 8.78 Å². The summed E-state index contributed by atoms with van der Waals surface area (Å²) in [6.45, 7) is 0.415. The maximum absolute atomic E-state index is 13.9. The van der Waals surface area contributed by atoms with Gasteiger partial charge in [-0.2, -0.15) is 0 Å². The lowest BCUT2D eigenvalue weighted by molar-refractivity contribution is 0.0744. The minimum absolute atomic E-state index is 0.0341. The second-order valence-corrected chi connectivity index (χ2v) is 5.29.